The van der Waals surface area contributed by atoms with Crippen LogP contribution in [0.5, 0.6) is 0 Å². The quantitative estimate of drug-likeness (QED) is 0.817. The second kappa shape index (κ2) is 8.07. The van der Waals surface area contributed by atoms with Crippen LogP contribution < -0.4 is 5.73 Å². The van der Waals surface area contributed by atoms with E-state index in [1.165, 1.54) is 0 Å². The lowest BCUT2D eigenvalue weighted by atomic mass is 9.82. The molecule has 6 heteroatoms. The first-order valence-electron chi connectivity index (χ1n) is 8.53. The van der Waals surface area contributed by atoms with E-state index in [1.54, 1.807) is 13.8 Å². The van der Waals surface area contributed by atoms with Gasteiger partial charge in [0.05, 0.1) is 18.1 Å². The number of allylic oxidation sites excluding steroid dienone is 2. The first-order chi connectivity index (χ1) is 12.3. The lowest BCUT2D eigenvalue weighted by Gasteiger charge is -2.27. The van der Waals surface area contributed by atoms with Crippen LogP contribution in [0, 0.1) is 11.3 Å². The lowest BCUT2D eigenvalue weighted by Crippen LogP contribution is -2.25. The summed E-state index contributed by atoms with van der Waals surface area (Å²) in [7, 11) is 4.03. The Labute approximate surface area is 154 Å². The number of benzene rings is 1. The molecule has 0 saturated heterocycles. The molecule has 2 rings (SSSR count). The number of rotatable bonds is 5. The third-order valence-electron chi connectivity index (χ3n) is 4.63. The van der Waals surface area contributed by atoms with Crippen molar-refractivity contribution in [1.29, 1.82) is 5.26 Å². The van der Waals surface area contributed by atoms with Gasteiger partial charge >= 0.3 is 5.97 Å². The van der Waals surface area contributed by atoms with Gasteiger partial charge in [0.25, 0.3) is 0 Å². The first-order valence-corrected chi connectivity index (χ1v) is 8.53. The molecular formula is C20H25N3O3. The number of esters is 1. The van der Waals surface area contributed by atoms with Crippen LogP contribution in [0.1, 0.15) is 43.9 Å². The van der Waals surface area contributed by atoms with Gasteiger partial charge in [0.1, 0.15) is 17.4 Å². The summed E-state index contributed by atoms with van der Waals surface area (Å²) in [6, 6.07) is 10.2. The maximum atomic E-state index is 12.5. The Hall–Kier alpha value is -2.78. The van der Waals surface area contributed by atoms with Crippen LogP contribution in [-0.2, 0) is 14.3 Å². The van der Waals surface area contributed by atoms with Crippen molar-refractivity contribution in [3.8, 4) is 6.07 Å². The Morgan fingerprint density at radius 1 is 1.38 bits per heavy atom. The van der Waals surface area contributed by atoms with Crippen molar-refractivity contribution in [2.24, 2.45) is 5.73 Å². The third kappa shape index (κ3) is 3.73. The molecule has 2 atom stereocenters. The molecule has 26 heavy (non-hydrogen) atoms. The Morgan fingerprint density at radius 2 is 2.00 bits per heavy atom. The highest BCUT2D eigenvalue weighted by atomic mass is 16.5. The highest BCUT2D eigenvalue weighted by Crippen LogP contribution is 2.39. The van der Waals surface area contributed by atoms with Crippen molar-refractivity contribution in [3.63, 3.8) is 0 Å². The van der Waals surface area contributed by atoms with Gasteiger partial charge < -0.3 is 20.1 Å². The molecule has 1 aliphatic heterocycles. The zero-order valence-electron chi connectivity index (χ0n) is 15.9. The monoisotopic (exact) mass is 355 g/mol. The van der Waals surface area contributed by atoms with Gasteiger partial charge in [-0.2, -0.15) is 5.26 Å². The van der Waals surface area contributed by atoms with E-state index in [2.05, 4.69) is 17.9 Å². The van der Waals surface area contributed by atoms with Crippen LogP contribution in [0.3, 0.4) is 0 Å². The zero-order valence-corrected chi connectivity index (χ0v) is 15.9. The molecule has 0 fully saturated rings. The Morgan fingerprint density at radius 3 is 2.50 bits per heavy atom. The molecule has 1 aliphatic rings. The van der Waals surface area contributed by atoms with E-state index in [0.29, 0.717) is 11.3 Å². The van der Waals surface area contributed by atoms with Gasteiger partial charge in [0, 0.05) is 6.04 Å². The molecule has 0 aromatic heterocycles. The zero-order chi connectivity index (χ0) is 19.4. The molecule has 0 radical (unpaired) electrons. The number of nitrogens with two attached hydrogens (primary N) is 1. The van der Waals surface area contributed by atoms with Gasteiger partial charge in [-0.15, -0.1) is 0 Å². The maximum Gasteiger partial charge on any atom is 0.338 e. The SMILES string of the molecule is CCOC(=O)C1=C(C)OC(N)=C(C#N)C1c1ccc(C(C)N(C)C)cc1. The predicted molar refractivity (Wildman–Crippen MR) is 98.5 cm³/mol. The molecule has 138 valence electrons. The molecule has 2 N–H and O–H groups in total. The summed E-state index contributed by atoms with van der Waals surface area (Å²) >= 11 is 0. The summed E-state index contributed by atoms with van der Waals surface area (Å²) < 4.78 is 10.6. The van der Waals surface area contributed by atoms with Crippen molar-refractivity contribution in [3.05, 3.63) is 58.2 Å². The van der Waals surface area contributed by atoms with Gasteiger partial charge in [0.2, 0.25) is 5.88 Å². The lowest BCUT2D eigenvalue weighted by molar-refractivity contribution is -0.139. The number of hydrogen-bond donors (Lipinski definition) is 1. The molecular weight excluding hydrogens is 330 g/mol. The van der Waals surface area contributed by atoms with Gasteiger partial charge in [-0.05, 0) is 46.0 Å². The minimum Gasteiger partial charge on any atom is -0.463 e. The molecule has 6 nitrogen and oxygen atoms in total. The van der Waals surface area contributed by atoms with Gasteiger partial charge in [-0.3, -0.25) is 0 Å². The van der Waals surface area contributed by atoms with Crippen LogP contribution >= 0.6 is 0 Å². The molecule has 0 saturated carbocycles. The van der Waals surface area contributed by atoms with Crippen molar-refractivity contribution in [1.82, 2.24) is 4.90 Å². The van der Waals surface area contributed by atoms with Crippen LogP contribution in [0.4, 0.5) is 0 Å². The number of hydrogen-bond acceptors (Lipinski definition) is 6. The topological polar surface area (TPSA) is 88.6 Å². The van der Waals surface area contributed by atoms with Crippen LogP contribution in [0.15, 0.2) is 47.1 Å². The second-order valence-corrected chi connectivity index (χ2v) is 6.42. The molecule has 0 amide bonds. The fourth-order valence-electron chi connectivity index (χ4n) is 2.95. The number of nitrogens with zero attached hydrogens (tertiary/aromatic N) is 2. The molecule has 0 spiro atoms. The fourth-order valence-corrected chi connectivity index (χ4v) is 2.95. The highest BCUT2D eigenvalue weighted by molar-refractivity contribution is 5.92. The summed E-state index contributed by atoms with van der Waals surface area (Å²) in [6.07, 6.45) is 0. The van der Waals surface area contributed by atoms with Crippen molar-refractivity contribution in [2.75, 3.05) is 20.7 Å². The number of nitriles is 1. The van der Waals surface area contributed by atoms with Crippen molar-refractivity contribution >= 4 is 5.97 Å². The Kier molecular flexibility index (Phi) is 6.06. The van der Waals surface area contributed by atoms with E-state index in [-0.39, 0.29) is 24.1 Å². The van der Waals surface area contributed by atoms with E-state index in [0.717, 1.165) is 11.1 Å². The predicted octanol–water partition coefficient (Wildman–Crippen LogP) is 2.95. The summed E-state index contributed by atoms with van der Waals surface area (Å²) in [6.45, 7) is 5.74. The van der Waals surface area contributed by atoms with Crippen molar-refractivity contribution < 1.29 is 14.3 Å². The Bertz CT molecular complexity index is 786. The molecule has 2 unspecified atom stereocenters. The molecule has 1 aromatic rings. The van der Waals surface area contributed by atoms with E-state index in [1.807, 2.05) is 38.4 Å². The molecule has 0 aliphatic carbocycles. The fraction of sp³-hybridized carbons (Fsp3) is 0.400. The van der Waals surface area contributed by atoms with Crippen LogP contribution in [0.25, 0.3) is 0 Å². The van der Waals surface area contributed by atoms with Crippen LogP contribution in [-0.4, -0.2) is 31.6 Å². The van der Waals surface area contributed by atoms with Crippen molar-refractivity contribution in [2.45, 2.75) is 32.7 Å². The number of carbonyl (C=O) groups excluding carboxylic acids is 1. The normalized spacial score (nSPS) is 18.4. The minimum absolute atomic E-state index is 0.0220. The molecule has 1 heterocycles. The number of carbonyl (C=O) groups is 1. The molecule has 1 aromatic carbocycles. The largest absolute Gasteiger partial charge is 0.463 e. The minimum atomic E-state index is -0.600. The average Bonchev–Trinajstić information content (AvgIpc) is 2.60. The molecule has 0 bridgehead atoms. The van der Waals surface area contributed by atoms with E-state index >= 15 is 0 Å². The van der Waals surface area contributed by atoms with E-state index in [4.69, 9.17) is 15.2 Å². The summed E-state index contributed by atoms with van der Waals surface area (Å²) in [4.78, 5) is 14.6. The summed E-state index contributed by atoms with van der Waals surface area (Å²) in [5.74, 6) is -0.720. The number of ether oxygens (including phenoxy) is 2. The summed E-state index contributed by atoms with van der Waals surface area (Å²) in [5.41, 5.74) is 8.36. The van der Waals surface area contributed by atoms with Gasteiger partial charge in [-0.25, -0.2) is 4.79 Å². The van der Waals surface area contributed by atoms with Crippen LogP contribution in [0.2, 0.25) is 0 Å². The third-order valence-corrected chi connectivity index (χ3v) is 4.63. The van der Waals surface area contributed by atoms with E-state index in [9.17, 15) is 10.1 Å². The second-order valence-electron chi connectivity index (χ2n) is 6.42. The van der Waals surface area contributed by atoms with Gasteiger partial charge in [0.15, 0.2) is 0 Å². The standard InChI is InChI=1S/C20H25N3O3/c1-6-25-20(24)17-13(3)26-19(22)16(11-21)18(17)15-9-7-14(8-10-15)12(2)23(4)5/h7-10,12,18H,6,22H2,1-5H3. The average molecular weight is 355 g/mol. The van der Waals surface area contributed by atoms with Gasteiger partial charge in [-0.1, -0.05) is 24.3 Å². The smallest absolute Gasteiger partial charge is 0.338 e. The summed E-state index contributed by atoms with van der Waals surface area (Å²) in [5, 5.41) is 9.58. The Balaban J connectivity index is 2.51. The first kappa shape index (κ1) is 19.5. The van der Waals surface area contributed by atoms with E-state index < -0.39 is 11.9 Å². The maximum absolute atomic E-state index is 12.5. The highest BCUT2D eigenvalue weighted by Gasteiger charge is 2.36.